The first-order valence-electron chi connectivity index (χ1n) is 7.55. The lowest BCUT2D eigenvalue weighted by Gasteiger charge is -2.45. The Labute approximate surface area is 144 Å². The van der Waals surface area contributed by atoms with Crippen LogP contribution >= 0.6 is 11.6 Å². The van der Waals surface area contributed by atoms with Crippen molar-refractivity contribution in [3.8, 4) is 0 Å². The van der Waals surface area contributed by atoms with Gasteiger partial charge in [-0.3, -0.25) is 4.79 Å². The number of carbonyl (C=O) groups excluding carboxylic acids is 1. The first-order chi connectivity index (χ1) is 11.3. The molecule has 1 fully saturated rings. The molecule has 6 heteroatoms. The molecule has 3 rings (SSSR count). The molecule has 3 N–H and O–H groups in total. The van der Waals surface area contributed by atoms with E-state index in [1.54, 1.807) is 24.3 Å². The third kappa shape index (κ3) is 2.91. The Morgan fingerprint density at radius 2 is 1.71 bits per heavy atom. The lowest BCUT2D eigenvalue weighted by molar-refractivity contribution is -0.487. The van der Waals surface area contributed by atoms with Gasteiger partial charge >= 0.3 is 0 Å². The standard InChI is InChI=1S/C18H18ClNO4/c1-17(22)15(16(20)21)11-18(24-23-17,12-5-3-2-4-6-12)13-7-9-14(19)10-8-13/h2-10,15,22H,11H2,1H3,(H2,20,21). The molecule has 0 radical (unpaired) electrons. The number of rotatable bonds is 3. The molecular formula is C18H18ClNO4. The number of primary amides is 1. The Balaban J connectivity index is 2.14. The third-order valence-electron chi connectivity index (χ3n) is 4.38. The summed E-state index contributed by atoms with van der Waals surface area (Å²) in [7, 11) is 0. The monoisotopic (exact) mass is 347 g/mol. The van der Waals surface area contributed by atoms with Crippen LogP contribution < -0.4 is 5.73 Å². The van der Waals surface area contributed by atoms with Crippen LogP contribution in [0.3, 0.4) is 0 Å². The smallest absolute Gasteiger partial charge is 0.226 e. The SMILES string of the molecule is CC1(O)OOC(c2ccccc2)(c2ccc(Cl)cc2)CC1C(N)=O. The van der Waals surface area contributed by atoms with E-state index < -0.39 is 23.2 Å². The second-order valence-electron chi connectivity index (χ2n) is 6.08. The fourth-order valence-corrected chi connectivity index (χ4v) is 3.14. The molecule has 24 heavy (non-hydrogen) atoms. The molecule has 1 aliphatic rings. The highest BCUT2D eigenvalue weighted by atomic mass is 35.5. The van der Waals surface area contributed by atoms with Gasteiger partial charge in [0.2, 0.25) is 11.7 Å². The van der Waals surface area contributed by atoms with Crippen LogP contribution in [-0.4, -0.2) is 16.8 Å². The molecule has 2 aromatic rings. The maximum absolute atomic E-state index is 11.9. The van der Waals surface area contributed by atoms with Gasteiger partial charge in [0.05, 0.1) is 5.92 Å². The van der Waals surface area contributed by atoms with E-state index in [1.807, 2.05) is 30.3 Å². The molecule has 1 heterocycles. The van der Waals surface area contributed by atoms with E-state index in [0.29, 0.717) is 5.02 Å². The molecule has 5 nitrogen and oxygen atoms in total. The quantitative estimate of drug-likeness (QED) is 0.836. The van der Waals surface area contributed by atoms with Crippen LogP contribution in [0, 0.1) is 5.92 Å². The lowest BCUT2D eigenvalue weighted by atomic mass is 9.76. The summed E-state index contributed by atoms with van der Waals surface area (Å²) in [6.45, 7) is 1.36. The molecule has 0 spiro atoms. The molecule has 0 aliphatic carbocycles. The Bertz CT molecular complexity index is 732. The minimum absolute atomic E-state index is 0.140. The number of aliphatic hydroxyl groups is 1. The molecule has 1 amide bonds. The van der Waals surface area contributed by atoms with Crippen LogP contribution in [0.5, 0.6) is 0 Å². The van der Waals surface area contributed by atoms with Crippen molar-refractivity contribution in [2.75, 3.05) is 0 Å². The maximum atomic E-state index is 11.9. The van der Waals surface area contributed by atoms with E-state index in [9.17, 15) is 9.90 Å². The van der Waals surface area contributed by atoms with Crippen molar-refractivity contribution in [1.29, 1.82) is 0 Å². The van der Waals surface area contributed by atoms with E-state index in [1.165, 1.54) is 6.92 Å². The molecule has 2 aromatic carbocycles. The van der Waals surface area contributed by atoms with Crippen molar-refractivity contribution >= 4 is 17.5 Å². The summed E-state index contributed by atoms with van der Waals surface area (Å²) in [5, 5.41) is 10.9. The molecule has 3 atom stereocenters. The van der Waals surface area contributed by atoms with E-state index in [4.69, 9.17) is 27.1 Å². The molecule has 0 aromatic heterocycles. The summed E-state index contributed by atoms with van der Waals surface area (Å²) in [4.78, 5) is 22.8. The van der Waals surface area contributed by atoms with Crippen molar-refractivity contribution in [2.45, 2.75) is 24.7 Å². The van der Waals surface area contributed by atoms with Crippen molar-refractivity contribution in [3.63, 3.8) is 0 Å². The molecule has 0 bridgehead atoms. The minimum atomic E-state index is -1.80. The summed E-state index contributed by atoms with van der Waals surface area (Å²) in [6, 6.07) is 16.4. The Hall–Kier alpha value is -1.92. The van der Waals surface area contributed by atoms with Crippen LogP contribution in [0.1, 0.15) is 24.5 Å². The first-order valence-corrected chi connectivity index (χ1v) is 7.93. The highest BCUT2D eigenvalue weighted by molar-refractivity contribution is 6.30. The molecule has 1 aliphatic heterocycles. The minimum Gasteiger partial charge on any atom is -0.369 e. The van der Waals surface area contributed by atoms with Crippen LogP contribution in [0.4, 0.5) is 0 Å². The Morgan fingerprint density at radius 3 is 2.29 bits per heavy atom. The predicted molar refractivity (Wildman–Crippen MR) is 88.8 cm³/mol. The van der Waals surface area contributed by atoms with E-state index in [2.05, 4.69) is 0 Å². The van der Waals surface area contributed by atoms with Gasteiger partial charge < -0.3 is 10.8 Å². The van der Waals surface area contributed by atoms with Gasteiger partial charge in [-0.05, 0) is 30.2 Å². The van der Waals surface area contributed by atoms with Crippen molar-refractivity contribution in [2.24, 2.45) is 11.7 Å². The summed E-state index contributed by atoms with van der Waals surface area (Å²) in [5.74, 6) is -3.39. The van der Waals surface area contributed by atoms with Crippen LogP contribution in [-0.2, 0) is 20.2 Å². The number of amides is 1. The van der Waals surface area contributed by atoms with Gasteiger partial charge in [0, 0.05) is 11.4 Å². The van der Waals surface area contributed by atoms with Crippen molar-refractivity contribution < 1.29 is 19.7 Å². The highest BCUT2D eigenvalue weighted by Crippen LogP contribution is 2.47. The fraction of sp³-hybridized carbons (Fsp3) is 0.278. The number of hydrogen-bond donors (Lipinski definition) is 2. The number of nitrogens with two attached hydrogens (primary N) is 1. The topological polar surface area (TPSA) is 81.8 Å². The summed E-state index contributed by atoms with van der Waals surface area (Å²) < 4.78 is 0. The summed E-state index contributed by atoms with van der Waals surface area (Å²) >= 11 is 5.98. The van der Waals surface area contributed by atoms with Gasteiger partial charge in [-0.15, -0.1) is 0 Å². The average Bonchev–Trinajstić information content (AvgIpc) is 2.56. The average molecular weight is 348 g/mol. The third-order valence-corrected chi connectivity index (χ3v) is 4.64. The maximum Gasteiger partial charge on any atom is 0.226 e. The van der Waals surface area contributed by atoms with Gasteiger partial charge in [-0.25, -0.2) is 4.89 Å². The zero-order valence-electron chi connectivity index (χ0n) is 13.1. The van der Waals surface area contributed by atoms with Crippen molar-refractivity contribution in [1.82, 2.24) is 0 Å². The number of benzene rings is 2. The van der Waals surface area contributed by atoms with Gasteiger partial charge in [0.1, 0.15) is 0 Å². The van der Waals surface area contributed by atoms with E-state index >= 15 is 0 Å². The van der Waals surface area contributed by atoms with Crippen LogP contribution in [0.15, 0.2) is 54.6 Å². The molecule has 0 saturated carbocycles. The predicted octanol–water partition coefficient (Wildman–Crippen LogP) is 2.75. The van der Waals surface area contributed by atoms with Crippen LogP contribution in [0.2, 0.25) is 5.02 Å². The first kappa shape index (κ1) is 16.9. The number of hydrogen-bond acceptors (Lipinski definition) is 4. The van der Waals surface area contributed by atoms with Crippen molar-refractivity contribution in [3.05, 3.63) is 70.7 Å². The molecular weight excluding hydrogens is 330 g/mol. The molecule has 3 unspecified atom stereocenters. The van der Waals surface area contributed by atoms with Crippen LogP contribution in [0.25, 0.3) is 0 Å². The largest absolute Gasteiger partial charge is 0.369 e. The van der Waals surface area contributed by atoms with Gasteiger partial charge in [-0.1, -0.05) is 54.1 Å². The van der Waals surface area contributed by atoms with E-state index in [0.717, 1.165) is 11.1 Å². The molecule has 126 valence electrons. The summed E-state index contributed by atoms with van der Waals surface area (Å²) in [5.41, 5.74) is 5.95. The summed E-state index contributed by atoms with van der Waals surface area (Å²) in [6.07, 6.45) is 0.140. The fourth-order valence-electron chi connectivity index (χ4n) is 3.01. The number of halogens is 1. The highest BCUT2D eigenvalue weighted by Gasteiger charge is 2.53. The van der Waals surface area contributed by atoms with Gasteiger partial charge in [0.15, 0.2) is 5.60 Å². The lowest BCUT2D eigenvalue weighted by Crippen LogP contribution is -2.54. The normalized spacial score (nSPS) is 30.0. The molecule has 1 saturated heterocycles. The number of carbonyl (C=O) groups is 1. The second kappa shape index (κ2) is 6.18. The Kier molecular flexibility index (Phi) is 4.36. The second-order valence-corrected chi connectivity index (χ2v) is 6.52. The van der Waals surface area contributed by atoms with Gasteiger partial charge in [-0.2, -0.15) is 4.89 Å². The zero-order valence-corrected chi connectivity index (χ0v) is 13.9. The Morgan fingerprint density at radius 1 is 1.12 bits per heavy atom. The van der Waals surface area contributed by atoms with Gasteiger partial charge in [0.25, 0.3) is 0 Å². The zero-order chi connectivity index (χ0) is 17.4. The van der Waals surface area contributed by atoms with E-state index in [-0.39, 0.29) is 6.42 Å².